The third-order valence-electron chi connectivity index (χ3n) is 1.77. The van der Waals surface area contributed by atoms with E-state index in [-0.39, 0.29) is 6.01 Å². The number of hydrogen-bond acceptors (Lipinski definition) is 4. The van der Waals surface area contributed by atoms with Gasteiger partial charge in [-0.3, -0.25) is 0 Å². The van der Waals surface area contributed by atoms with Gasteiger partial charge in [0.05, 0.1) is 18.1 Å². The minimum absolute atomic E-state index is 0.00960. The smallest absolute Gasteiger partial charge is 0.322 e. The standard InChI is InChI=1S/C10H7ClFN3O/c11-6-1-2-8(13)9(3-6)16-10-14-4-7(12)5-15-10/h1-5H,13H2. The number of nitrogen functional groups attached to an aromatic ring is 1. The first-order valence-electron chi connectivity index (χ1n) is 4.35. The number of halogens is 2. The van der Waals surface area contributed by atoms with Crippen LogP contribution in [0.15, 0.2) is 30.6 Å². The SMILES string of the molecule is Nc1ccc(Cl)cc1Oc1ncc(F)cn1. The number of ether oxygens (including phenoxy) is 1. The van der Waals surface area contributed by atoms with Gasteiger partial charge in [0.25, 0.3) is 0 Å². The van der Waals surface area contributed by atoms with E-state index in [0.29, 0.717) is 16.5 Å². The van der Waals surface area contributed by atoms with Crippen molar-refractivity contribution in [1.82, 2.24) is 9.97 Å². The molecule has 0 saturated carbocycles. The Morgan fingerprint density at radius 3 is 2.62 bits per heavy atom. The fourth-order valence-corrected chi connectivity index (χ4v) is 1.21. The Balaban J connectivity index is 2.26. The third-order valence-corrected chi connectivity index (χ3v) is 2.01. The summed E-state index contributed by atoms with van der Waals surface area (Å²) >= 11 is 5.77. The number of nitrogens with zero attached hydrogens (tertiary/aromatic N) is 2. The molecule has 0 unspecified atom stereocenters. The number of nitrogens with two attached hydrogens (primary N) is 1. The fraction of sp³-hybridized carbons (Fsp3) is 0. The normalized spacial score (nSPS) is 10.1. The van der Waals surface area contributed by atoms with E-state index in [1.54, 1.807) is 12.1 Å². The molecule has 82 valence electrons. The van der Waals surface area contributed by atoms with Crippen molar-refractivity contribution in [3.05, 3.63) is 41.4 Å². The maximum atomic E-state index is 12.5. The van der Waals surface area contributed by atoms with E-state index >= 15 is 0 Å². The van der Waals surface area contributed by atoms with Gasteiger partial charge in [-0.25, -0.2) is 14.4 Å². The van der Waals surface area contributed by atoms with Crippen molar-refractivity contribution >= 4 is 17.3 Å². The fourth-order valence-electron chi connectivity index (χ4n) is 1.05. The Kier molecular flexibility index (Phi) is 2.87. The summed E-state index contributed by atoms with van der Waals surface area (Å²) in [6.45, 7) is 0. The number of aromatic nitrogens is 2. The van der Waals surface area contributed by atoms with Crippen molar-refractivity contribution < 1.29 is 9.13 Å². The summed E-state index contributed by atoms with van der Waals surface area (Å²) in [5, 5.41) is 0.478. The van der Waals surface area contributed by atoms with Crippen LogP contribution in [0, 0.1) is 5.82 Å². The Bertz CT molecular complexity index is 504. The minimum Gasteiger partial charge on any atom is -0.422 e. The van der Waals surface area contributed by atoms with Crippen LogP contribution in [-0.4, -0.2) is 9.97 Å². The third kappa shape index (κ3) is 2.38. The molecule has 0 aliphatic carbocycles. The highest BCUT2D eigenvalue weighted by atomic mass is 35.5. The molecule has 0 bridgehead atoms. The van der Waals surface area contributed by atoms with Gasteiger partial charge in [-0.15, -0.1) is 0 Å². The van der Waals surface area contributed by atoms with Gasteiger partial charge in [-0.1, -0.05) is 11.6 Å². The molecule has 0 atom stereocenters. The molecule has 1 aromatic heterocycles. The van der Waals surface area contributed by atoms with E-state index in [4.69, 9.17) is 22.1 Å². The molecule has 0 saturated heterocycles. The van der Waals surface area contributed by atoms with Crippen molar-refractivity contribution in [1.29, 1.82) is 0 Å². The van der Waals surface area contributed by atoms with E-state index in [1.807, 2.05) is 0 Å². The van der Waals surface area contributed by atoms with Crippen LogP contribution in [0.1, 0.15) is 0 Å². The van der Waals surface area contributed by atoms with E-state index in [2.05, 4.69) is 9.97 Å². The highest BCUT2D eigenvalue weighted by Crippen LogP contribution is 2.28. The van der Waals surface area contributed by atoms with Gasteiger partial charge in [0.15, 0.2) is 11.6 Å². The molecule has 0 aliphatic rings. The van der Waals surface area contributed by atoms with Crippen molar-refractivity contribution in [3.63, 3.8) is 0 Å². The first-order valence-corrected chi connectivity index (χ1v) is 4.73. The van der Waals surface area contributed by atoms with Gasteiger partial charge in [-0.2, -0.15) is 0 Å². The molecular weight excluding hydrogens is 233 g/mol. The lowest BCUT2D eigenvalue weighted by Crippen LogP contribution is -1.95. The van der Waals surface area contributed by atoms with Crippen molar-refractivity contribution in [2.24, 2.45) is 0 Å². The van der Waals surface area contributed by atoms with Gasteiger partial charge in [0, 0.05) is 11.1 Å². The molecule has 1 heterocycles. The lowest BCUT2D eigenvalue weighted by atomic mass is 10.3. The molecule has 2 aromatic rings. The largest absolute Gasteiger partial charge is 0.422 e. The zero-order chi connectivity index (χ0) is 11.5. The summed E-state index contributed by atoms with van der Waals surface area (Å²) < 4.78 is 17.8. The highest BCUT2D eigenvalue weighted by Gasteiger charge is 2.05. The second-order valence-corrected chi connectivity index (χ2v) is 3.40. The molecule has 2 rings (SSSR count). The lowest BCUT2D eigenvalue weighted by molar-refractivity contribution is 0.438. The van der Waals surface area contributed by atoms with Crippen molar-refractivity contribution in [2.75, 3.05) is 5.73 Å². The van der Waals surface area contributed by atoms with Crippen LogP contribution in [-0.2, 0) is 0 Å². The lowest BCUT2D eigenvalue weighted by Gasteiger charge is -2.06. The average Bonchev–Trinajstić information content (AvgIpc) is 2.27. The average molecular weight is 240 g/mol. The van der Waals surface area contributed by atoms with E-state index < -0.39 is 5.82 Å². The predicted octanol–water partition coefficient (Wildman–Crippen LogP) is 2.64. The molecular formula is C10H7ClFN3O. The highest BCUT2D eigenvalue weighted by molar-refractivity contribution is 6.30. The predicted molar refractivity (Wildman–Crippen MR) is 57.9 cm³/mol. The van der Waals surface area contributed by atoms with E-state index in [0.717, 1.165) is 12.4 Å². The van der Waals surface area contributed by atoms with Gasteiger partial charge in [-0.05, 0) is 12.1 Å². The van der Waals surface area contributed by atoms with Crippen LogP contribution in [0.4, 0.5) is 10.1 Å². The Morgan fingerprint density at radius 1 is 1.25 bits per heavy atom. The Morgan fingerprint density at radius 2 is 1.94 bits per heavy atom. The molecule has 4 nitrogen and oxygen atoms in total. The topological polar surface area (TPSA) is 61.0 Å². The maximum absolute atomic E-state index is 12.5. The molecule has 0 spiro atoms. The second-order valence-electron chi connectivity index (χ2n) is 2.97. The molecule has 2 N–H and O–H groups in total. The summed E-state index contributed by atoms with van der Waals surface area (Å²) in [6.07, 6.45) is 2.01. The molecule has 0 fully saturated rings. The quantitative estimate of drug-likeness (QED) is 0.819. The van der Waals surface area contributed by atoms with Crippen LogP contribution < -0.4 is 10.5 Å². The van der Waals surface area contributed by atoms with Gasteiger partial charge in [0.2, 0.25) is 0 Å². The summed E-state index contributed by atoms with van der Waals surface area (Å²) in [5.74, 6) is -0.203. The minimum atomic E-state index is -0.536. The molecule has 1 aromatic carbocycles. The van der Waals surface area contributed by atoms with Crippen LogP contribution in [0.3, 0.4) is 0 Å². The summed E-state index contributed by atoms with van der Waals surface area (Å²) in [4.78, 5) is 7.27. The summed E-state index contributed by atoms with van der Waals surface area (Å²) in [7, 11) is 0. The summed E-state index contributed by atoms with van der Waals surface area (Å²) in [5.41, 5.74) is 6.05. The first kappa shape index (κ1) is 10.6. The van der Waals surface area contributed by atoms with Gasteiger partial charge >= 0.3 is 6.01 Å². The van der Waals surface area contributed by atoms with Gasteiger partial charge in [0.1, 0.15) is 0 Å². The molecule has 0 amide bonds. The zero-order valence-electron chi connectivity index (χ0n) is 8.02. The molecule has 0 aliphatic heterocycles. The molecule has 6 heteroatoms. The second kappa shape index (κ2) is 4.32. The van der Waals surface area contributed by atoms with E-state index in [1.165, 1.54) is 6.07 Å². The van der Waals surface area contributed by atoms with Crippen LogP contribution in [0.5, 0.6) is 11.8 Å². The zero-order valence-corrected chi connectivity index (χ0v) is 8.78. The number of hydrogen-bond donors (Lipinski definition) is 1. The number of benzene rings is 1. The van der Waals surface area contributed by atoms with Gasteiger partial charge < -0.3 is 10.5 Å². The van der Waals surface area contributed by atoms with Crippen LogP contribution in [0.25, 0.3) is 0 Å². The maximum Gasteiger partial charge on any atom is 0.322 e. The van der Waals surface area contributed by atoms with Crippen LogP contribution >= 0.6 is 11.6 Å². The van der Waals surface area contributed by atoms with Crippen LogP contribution in [0.2, 0.25) is 5.02 Å². The van der Waals surface area contributed by atoms with Crippen molar-refractivity contribution in [3.8, 4) is 11.8 Å². The Labute approximate surface area is 95.9 Å². The van der Waals surface area contributed by atoms with Crippen molar-refractivity contribution in [2.45, 2.75) is 0 Å². The molecule has 0 radical (unpaired) electrons. The molecule has 16 heavy (non-hydrogen) atoms. The monoisotopic (exact) mass is 239 g/mol. The Hall–Kier alpha value is -1.88. The first-order chi connectivity index (χ1) is 7.65. The number of anilines is 1. The van der Waals surface area contributed by atoms with E-state index in [9.17, 15) is 4.39 Å². The number of rotatable bonds is 2. The summed E-state index contributed by atoms with van der Waals surface area (Å²) in [6, 6.07) is 4.77.